The first kappa shape index (κ1) is 11.3. The minimum Gasteiger partial charge on any atom is -0.398 e. The maximum Gasteiger partial charge on any atom is 0.418 e. The fourth-order valence-corrected chi connectivity index (χ4v) is 1.75. The predicted octanol–water partition coefficient (Wildman–Crippen LogP) is 2.73. The first-order valence-corrected chi connectivity index (χ1v) is 5.05. The van der Waals surface area contributed by atoms with Crippen molar-refractivity contribution in [3.05, 3.63) is 29.3 Å². The number of nitrogen functional groups attached to an aromatic ring is 1. The Hall–Kier alpha value is -1.23. The van der Waals surface area contributed by atoms with E-state index in [4.69, 9.17) is 5.73 Å². The molecule has 0 amide bonds. The molecular formula is C11H12F3NO. The number of halogens is 3. The van der Waals surface area contributed by atoms with E-state index in [0.29, 0.717) is 0 Å². The van der Waals surface area contributed by atoms with Gasteiger partial charge in [0.2, 0.25) is 0 Å². The molecule has 0 saturated heterocycles. The van der Waals surface area contributed by atoms with E-state index >= 15 is 0 Å². The number of aliphatic hydroxyl groups excluding tert-OH is 1. The molecule has 2 nitrogen and oxygen atoms in total. The van der Waals surface area contributed by atoms with Gasteiger partial charge in [-0.1, -0.05) is 12.1 Å². The third-order valence-corrected chi connectivity index (χ3v) is 2.83. The van der Waals surface area contributed by atoms with Crippen molar-refractivity contribution in [3.8, 4) is 0 Å². The molecule has 1 saturated carbocycles. The summed E-state index contributed by atoms with van der Waals surface area (Å²) in [7, 11) is 0. The summed E-state index contributed by atoms with van der Waals surface area (Å²) in [6.07, 6.45) is -3.65. The minimum absolute atomic E-state index is 0.0609. The quantitative estimate of drug-likeness (QED) is 0.769. The lowest BCUT2D eigenvalue weighted by molar-refractivity contribution is -0.137. The summed E-state index contributed by atoms with van der Waals surface area (Å²) in [5.74, 6) is 0.0609. The van der Waals surface area contributed by atoms with Gasteiger partial charge in [0.1, 0.15) is 0 Å². The molecule has 1 atom stereocenters. The van der Waals surface area contributed by atoms with E-state index < -0.39 is 17.8 Å². The highest BCUT2D eigenvalue weighted by Crippen LogP contribution is 2.44. The van der Waals surface area contributed by atoms with Crippen LogP contribution in [0.3, 0.4) is 0 Å². The van der Waals surface area contributed by atoms with Crippen LogP contribution < -0.4 is 5.73 Å². The van der Waals surface area contributed by atoms with Crippen LogP contribution in [0.15, 0.2) is 18.2 Å². The Morgan fingerprint density at radius 1 is 1.31 bits per heavy atom. The summed E-state index contributed by atoms with van der Waals surface area (Å²) >= 11 is 0. The molecule has 1 unspecified atom stereocenters. The highest BCUT2D eigenvalue weighted by Gasteiger charge is 2.37. The number of anilines is 1. The third-order valence-electron chi connectivity index (χ3n) is 2.83. The fraction of sp³-hybridized carbons (Fsp3) is 0.455. The van der Waals surface area contributed by atoms with Gasteiger partial charge in [-0.15, -0.1) is 0 Å². The number of nitrogens with two attached hydrogens (primary N) is 1. The highest BCUT2D eigenvalue weighted by molar-refractivity contribution is 5.56. The maximum atomic E-state index is 12.5. The topological polar surface area (TPSA) is 46.2 Å². The molecule has 0 heterocycles. The van der Waals surface area contributed by atoms with E-state index in [2.05, 4.69) is 0 Å². The molecule has 1 aliphatic carbocycles. The molecular weight excluding hydrogens is 219 g/mol. The van der Waals surface area contributed by atoms with Crippen molar-refractivity contribution < 1.29 is 18.3 Å². The summed E-state index contributed by atoms with van der Waals surface area (Å²) in [5, 5.41) is 9.78. The Kier molecular flexibility index (Phi) is 2.58. The van der Waals surface area contributed by atoms with Crippen molar-refractivity contribution >= 4 is 5.69 Å². The largest absolute Gasteiger partial charge is 0.418 e. The molecule has 1 fully saturated rings. The van der Waals surface area contributed by atoms with Crippen LogP contribution in [-0.4, -0.2) is 5.11 Å². The average Bonchev–Trinajstić information content (AvgIpc) is 2.98. The van der Waals surface area contributed by atoms with Crippen LogP contribution in [-0.2, 0) is 6.18 Å². The number of hydrogen-bond acceptors (Lipinski definition) is 2. The van der Waals surface area contributed by atoms with Gasteiger partial charge in [0.25, 0.3) is 0 Å². The number of aliphatic hydroxyl groups is 1. The molecule has 16 heavy (non-hydrogen) atoms. The van der Waals surface area contributed by atoms with Gasteiger partial charge >= 0.3 is 6.18 Å². The van der Waals surface area contributed by atoms with E-state index in [1.54, 1.807) is 0 Å². The van der Waals surface area contributed by atoms with Gasteiger partial charge in [0.05, 0.1) is 11.7 Å². The van der Waals surface area contributed by atoms with Gasteiger partial charge in [-0.3, -0.25) is 0 Å². The minimum atomic E-state index is -4.47. The van der Waals surface area contributed by atoms with Gasteiger partial charge in [-0.2, -0.15) is 13.2 Å². The molecule has 1 aromatic carbocycles. The summed E-state index contributed by atoms with van der Waals surface area (Å²) < 4.78 is 37.6. The second-order valence-electron chi connectivity index (χ2n) is 4.09. The van der Waals surface area contributed by atoms with Crippen LogP contribution in [0.2, 0.25) is 0 Å². The number of para-hydroxylation sites is 1. The third kappa shape index (κ3) is 2.00. The lowest BCUT2D eigenvalue weighted by atomic mass is 10.00. The molecule has 0 aromatic heterocycles. The van der Waals surface area contributed by atoms with E-state index in [1.165, 1.54) is 12.1 Å². The average molecular weight is 231 g/mol. The van der Waals surface area contributed by atoms with E-state index in [9.17, 15) is 18.3 Å². The standard InChI is InChI=1S/C11H12F3NO/c12-11(13,14)8-3-1-2-7(9(8)15)10(16)6-4-5-6/h1-3,6,10,16H,4-5,15H2. The van der Waals surface area contributed by atoms with Gasteiger partial charge in [-0.25, -0.2) is 0 Å². The van der Waals surface area contributed by atoms with Crippen LogP contribution >= 0.6 is 0 Å². The summed E-state index contributed by atoms with van der Waals surface area (Å²) in [4.78, 5) is 0. The van der Waals surface area contributed by atoms with Crippen molar-refractivity contribution in [1.29, 1.82) is 0 Å². The summed E-state index contributed by atoms with van der Waals surface area (Å²) in [6, 6.07) is 3.66. The first-order valence-electron chi connectivity index (χ1n) is 5.05. The molecule has 1 aliphatic rings. The highest BCUT2D eigenvalue weighted by atomic mass is 19.4. The second-order valence-corrected chi connectivity index (χ2v) is 4.09. The molecule has 0 bridgehead atoms. The lowest BCUT2D eigenvalue weighted by Crippen LogP contribution is -2.13. The zero-order valence-electron chi connectivity index (χ0n) is 8.46. The maximum absolute atomic E-state index is 12.5. The van der Waals surface area contributed by atoms with Crippen LogP contribution in [0.4, 0.5) is 18.9 Å². The van der Waals surface area contributed by atoms with Crippen LogP contribution in [0, 0.1) is 5.92 Å². The Labute approximate surface area is 90.9 Å². The Balaban J connectivity index is 2.39. The Morgan fingerprint density at radius 2 is 1.94 bits per heavy atom. The van der Waals surface area contributed by atoms with Crippen molar-refractivity contribution in [2.75, 3.05) is 5.73 Å². The Bertz CT molecular complexity index is 399. The van der Waals surface area contributed by atoms with Crippen molar-refractivity contribution in [3.63, 3.8) is 0 Å². The number of alkyl halides is 3. The normalized spacial score (nSPS) is 18.5. The monoisotopic (exact) mass is 231 g/mol. The summed E-state index contributed by atoms with van der Waals surface area (Å²) in [5.41, 5.74) is 4.42. The number of benzene rings is 1. The predicted molar refractivity (Wildman–Crippen MR) is 53.5 cm³/mol. The first-order chi connectivity index (χ1) is 7.41. The van der Waals surface area contributed by atoms with Gasteiger partial charge in [-0.05, 0) is 24.8 Å². The van der Waals surface area contributed by atoms with Crippen molar-refractivity contribution in [2.24, 2.45) is 5.92 Å². The smallest absolute Gasteiger partial charge is 0.398 e. The van der Waals surface area contributed by atoms with Gasteiger partial charge < -0.3 is 10.8 Å². The van der Waals surface area contributed by atoms with Crippen LogP contribution in [0.25, 0.3) is 0 Å². The fourth-order valence-electron chi connectivity index (χ4n) is 1.75. The van der Waals surface area contributed by atoms with E-state index in [1.807, 2.05) is 0 Å². The number of hydrogen-bond donors (Lipinski definition) is 2. The molecule has 0 radical (unpaired) electrons. The van der Waals surface area contributed by atoms with Crippen LogP contribution in [0.5, 0.6) is 0 Å². The molecule has 88 valence electrons. The van der Waals surface area contributed by atoms with E-state index in [-0.39, 0.29) is 17.2 Å². The number of rotatable bonds is 2. The molecule has 2 rings (SSSR count). The van der Waals surface area contributed by atoms with Crippen LogP contribution in [0.1, 0.15) is 30.1 Å². The molecule has 5 heteroatoms. The second kappa shape index (κ2) is 3.66. The zero-order valence-corrected chi connectivity index (χ0v) is 8.46. The molecule has 3 N–H and O–H groups in total. The summed E-state index contributed by atoms with van der Waals surface area (Å²) in [6.45, 7) is 0. The SMILES string of the molecule is Nc1c(C(O)C2CC2)cccc1C(F)(F)F. The van der Waals surface area contributed by atoms with Crippen molar-refractivity contribution in [2.45, 2.75) is 25.1 Å². The lowest BCUT2D eigenvalue weighted by Gasteiger charge is -2.17. The van der Waals surface area contributed by atoms with Gasteiger partial charge in [0.15, 0.2) is 0 Å². The van der Waals surface area contributed by atoms with Gasteiger partial charge in [0, 0.05) is 11.3 Å². The molecule has 0 spiro atoms. The van der Waals surface area contributed by atoms with Crippen molar-refractivity contribution in [1.82, 2.24) is 0 Å². The van der Waals surface area contributed by atoms with E-state index in [0.717, 1.165) is 18.9 Å². The molecule has 0 aliphatic heterocycles. The Morgan fingerprint density at radius 3 is 2.44 bits per heavy atom. The molecule has 1 aromatic rings. The zero-order chi connectivity index (χ0) is 11.9.